The third kappa shape index (κ3) is 9.38. The summed E-state index contributed by atoms with van der Waals surface area (Å²) in [6.45, 7) is 10.3. The van der Waals surface area contributed by atoms with Crippen molar-refractivity contribution in [2.45, 2.75) is 59.6 Å². The number of ether oxygens (including phenoxy) is 3. The molecule has 0 spiro atoms. The molecule has 1 atom stereocenters. The van der Waals surface area contributed by atoms with Crippen LogP contribution in [-0.4, -0.2) is 59.9 Å². The Bertz CT molecular complexity index is 1070. The van der Waals surface area contributed by atoms with Crippen molar-refractivity contribution in [1.29, 1.82) is 0 Å². The van der Waals surface area contributed by atoms with Crippen molar-refractivity contribution in [3.63, 3.8) is 0 Å². The molecule has 0 saturated heterocycles. The second-order valence-corrected chi connectivity index (χ2v) is 10.2. The minimum Gasteiger partial charge on any atom is -0.465 e. The van der Waals surface area contributed by atoms with Crippen molar-refractivity contribution in [1.82, 2.24) is 9.88 Å². The zero-order valence-electron chi connectivity index (χ0n) is 21.3. The fourth-order valence-electron chi connectivity index (χ4n) is 3.28. The number of carbonyl (C=O) groups is 3. The lowest BCUT2D eigenvalue weighted by Crippen LogP contribution is -2.46. The number of fused-ring (bicyclic) bond motifs is 1. The quantitative estimate of drug-likeness (QED) is 0.403. The van der Waals surface area contributed by atoms with Crippen LogP contribution in [0.1, 0.15) is 48.0 Å². The minimum absolute atomic E-state index is 0.130. The third-order valence-electron chi connectivity index (χ3n) is 5.00. The van der Waals surface area contributed by atoms with Crippen molar-refractivity contribution in [3.05, 3.63) is 36.3 Å². The van der Waals surface area contributed by atoms with Gasteiger partial charge in [-0.15, -0.1) is 0 Å². The van der Waals surface area contributed by atoms with E-state index in [0.717, 1.165) is 5.39 Å². The number of rotatable bonds is 8. The number of nitrogens with zero attached hydrogens (tertiary/aromatic N) is 2. The van der Waals surface area contributed by atoms with E-state index < -0.39 is 41.0 Å². The molecule has 1 aromatic carbocycles. The molecule has 2 amide bonds. The molecule has 10 heteroatoms. The number of esters is 1. The van der Waals surface area contributed by atoms with Gasteiger partial charge in [-0.05, 0) is 56.8 Å². The van der Waals surface area contributed by atoms with Gasteiger partial charge in [-0.1, -0.05) is 13.8 Å². The standard InChI is InChI=1S/C25H34FN3O6/c1-16(30)34-15-25(5,6)12-20(29(7)23(32)35-24(2,3)4)14-33-22(31)28-21-11-18-10-19(26)9-8-17(18)13-27-21/h8-11,13,20H,12,14-15H2,1-7H3,(H,27,28,31)/t20-/m0/s1. The molecule has 2 rings (SSSR count). The summed E-state index contributed by atoms with van der Waals surface area (Å²) in [6, 6.07) is 5.22. The Morgan fingerprint density at radius 1 is 1.09 bits per heavy atom. The third-order valence-corrected chi connectivity index (χ3v) is 5.00. The number of hydrogen-bond donors (Lipinski definition) is 1. The van der Waals surface area contributed by atoms with E-state index in [1.165, 1.54) is 36.2 Å². The Labute approximate surface area is 204 Å². The van der Waals surface area contributed by atoms with Gasteiger partial charge in [0.25, 0.3) is 0 Å². The van der Waals surface area contributed by atoms with Crippen molar-refractivity contribution in [3.8, 4) is 0 Å². The molecule has 1 aromatic heterocycles. The maximum absolute atomic E-state index is 13.5. The van der Waals surface area contributed by atoms with E-state index in [-0.39, 0.29) is 19.0 Å². The molecule has 1 N–H and O–H groups in total. The van der Waals surface area contributed by atoms with Crippen LogP contribution in [0.25, 0.3) is 10.8 Å². The van der Waals surface area contributed by atoms with Crippen LogP contribution in [0, 0.1) is 11.2 Å². The molecular formula is C25H34FN3O6. The minimum atomic E-state index is -0.784. The Morgan fingerprint density at radius 2 is 1.77 bits per heavy atom. The van der Waals surface area contributed by atoms with Crippen molar-refractivity contribution >= 4 is 34.7 Å². The molecule has 0 aliphatic carbocycles. The number of likely N-dealkylation sites (N-methyl/N-ethyl adjacent to an activating group) is 1. The lowest BCUT2D eigenvalue weighted by atomic mass is 9.86. The van der Waals surface area contributed by atoms with Crippen molar-refractivity contribution in [2.24, 2.45) is 5.41 Å². The van der Waals surface area contributed by atoms with Gasteiger partial charge < -0.3 is 19.1 Å². The number of amides is 2. The van der Waals surface area contributed by atoms with E-state index >= 15 is 0 Å². The van der Waals surface area contributed by atoms with Crippen LogP contribution in [0.15, 0.2) is 30.5 Å². The summed E-state index contributed by atoms with van der Waals surface area (Å²) in [5.41, 5.74) is -1.22. The highest BCUT2D eigenvalue weighted by atomic mass is 19.1. The highest BCUT2D eigenvalue weighted by Gasteiger charge is 2.32. The predicted octanol–water partition coefficient (Wildman–Crippen LogP) is 5.14. The summed E-state index contributed by atoms with van der Waals surface area (Å²) in [6.07, 6.45) is 0.513. The average Bonchev–Trinajstić information content (AvgIpc) is 2.73. The first-order valence-corrected chi connectivity index (χ1v) is 11.2. The average molecular weight is 492 g/mol. The normalized spacial score (nSPS) is 12.6. The van der Waals surface area contributed by atoms with Gasteiger partial charge in [-0.2, -0.15) is 0 Å². The molecule has 0 bridgehead atoms. The number of halogens is 1. The molecule has 0 unspecified atom stereocenters. The van der Waals surface area contributed by atoms with E-state index in [0.29, 0.717) is 11.8 Å². The van der Waals surface area contributed by atoms with E-state index in [1.807, 2.05) is 13.8 Å². The number of hydrogen-bond acceptors (Lipinski definition) is 7. The molecule has 1 heterocycles. The second kappa shape index (κ2) is 11.3. The van der Waals surface area contributed by atoms with E-state index in [9.17, 15) is 18.8 Å². The Balaban J connectivity index is 2.10. The molecular weight excluding hydrogens is 457 g/mol. The summed E-state index contributed by atoms with van der Waals surface area (Å²) < 4.78 is 29.5. The van der Waals surface area contributed by atoms with Gasteiger partial charge in [-0.3, -0.25) is 10.1 Å². The van der Waals surface area contributed by atoms with Crippen LogP contribution < -0.4 is 5.32 Å². The summed E-state index contributed by atoms with van der Waals surface area (Å²) in [7, 11) is 1.56. The van der Waals surface area contributed by atoms with Crippen molar-refractivity contribution < 1.29 is 33.0 Å². The first kappa shape index (κ1) is 27.8. The van der Waals surface area contributed by atoms with Crippen LogP contribution in [0.5, 0.6) is 0 Å². The molecule has 0 aliphatic rings. The Hall–Kier alpha value is -3.43. The summed E-state index contributed by atoms with van der Waals surface area (Å²) in [5, 5.41) is 3.82. The highest BCUT2D eigenvalue weighted by Crippen LogP contribution is 2.26. The van der Waals surface area contributed by atoms with Crippen LogP contribution in [0.4, 0.5) is 19.8 Å². The highest BCUT2D eigenvalue weighted by molar-refractivity contribution is 5.89. The van der Waals surface area contributed by atoms with Gasteiger partial charge in [0.2, 0.25) is 0 Å². The van der Waals surface area contributed by atoms with Gasteiger partial charge in [0.1, 0.15) is 23.8 Å². The fraction of sp³-hybridized carbons (Fsp3) is 0.520. The lowest BCUT2D eigenvalue weighted by molar-refractivity contribution is -0.144. The summed E-state index contributed by atoms with van der Waals surface area (Å²) in [5.74, 6) is -0.615. The SMILES string of the molecule is CC(=O)OCC(C)(C)C[C@@H](COC(=O)Nc1cc2cc(F)ccc2cn1)N(C)C(=O)OC(C)(C)C. The molecule has 35 heavy (non-hydrogen) atoms. The summed E-state index contributed by atoms with van der Waals surface area (Å²) in [4.78, 5) is 41.9. The van der Waals surface area contributed by atoms with Gasteiger partial charge in [-0.25, -0.2) is 19.0 Å². The number of aromatic nitrogens is 1. The Kier molecular flexibility index (Phi) is 9.00. The number of anilines is 1. The molecule has 0 saturated carbocycles. The molecule has 0 aliphatic heterocycles. The zero-order valence-corrected chi connectivity index (χ0v) is 21.3. The predicted molar refractivity (Wildman–Crippen MR) is 129 cm³/mol. The molecule has 0 radical (unpaired) electrons. The van der Waals surface area contributed by atoms with Crippen LogP contribution in [0.2, 0.25) is 0 Å². The fourth-order valence-corrected chi connectivity index (χ4v) is 3.28. The van der Waals surface area contributed by atoms with Gasteiger partial charge >= 0.3 is 18.2 Å². The Morgan fingerprint density at radius 3 is 2.40 bits per heavy atom. The molecule has 192 valence electrons. The monoisotopic (exact) mass is 491 g/mol. The zero-order chi connectivity index (χ0) is 26.4. The van der Waals surface area contributed by atoms with Gasteiger partial charge in [0, 0.05) is 31.0 Å². The smallest absolute Gasteiger partial charge is 0.412 e. The second-order valence-electron chi connectivity index (χ2n) is 10.2. The van der Waals surface area contributed by atoms with Gasteiger partial charge in [0.05, 0.1) is 12.6 Å². The summed E-state index contributed by atoms with van der Waals surface area (Å²) >= 11 is 0. The number of carbonyl (C=O) groups excluding carboxylic acids is 3. The maximum Gasteiger partial charge on any atom is 0.412 e. The molecule has 2 aromatic rings. The number of pyridine rings is 1. The molecule has 0 fully saturated rings. The van der Waals surface area contributed by atoms with Crippen molar-refractivity contribution in [2.75, 3.05) is 25.6 Å². The maximum atomic E-state index is 13.5. The first-order valence-electron chi connectivity index (χ1n) is 11.2. The topological polar surface area (TPSA) is 107 Å². The van der Waals surface area contributed by atoms with Crippen LogP contribution >= 0.6 is 0 Å². The van der Waals surface area contributed by atoms with Gasteiger partial charge in [0.15, 0.2) is 0 Å². The first-order chi connectivity index (χ1) is 16.1. The van der Waals surface area contributed by atoms with E-state index in [1.54, 1.807) is 33.9 Å². The largest absolute Gasteiger partial charge is 0.465 e. The van der Waals surface area contributed by atoms with Crippen LogP contribution in [0.3, 0.4) is 0 Å². The number of nitrogens with one attached hydrogen (secondary N) is 1. The van der Waals surface area contributed by atoms with Crippen LogP contribution in [-0.2, 0) is 19.0 Å². The lowest BCUT2D eigenvalue weighted by Gasteiger charge is -2.35. The molecule has 9 nitrogen and oxygen atoms in total. The van der Waals surface area contributed by atoms with E-state index in [2.05, 4.69) is 10.3 Å². The number of benzene rings is 1. The van der Waals surface area contributed by atoms with E-state index in [4.69, 9.17) is 14.2 Å².